The molecular formula is C27H20F8O2. The maximum absolute atomic E-state index is 14.7. The van der Waals surface area contributed by atoms with Gasteiger partial charge in [-0.05, 0) is 42.7 Å². The third kappa shape index (κ3) is 6.53. The predicted octanol–water partition coefficient (Wildman–Crippen LogP) is 7.79. The first-order chi connectivity index (χ1) is 17.5. The molecule has 3 aromatic rings. The van der Waals surface area contributed by atoms with Crippen LogP contribution in [0, 0.1) is 46.7 Å². The highest BCUT2D eigenvalue weighted by atomic mass is 19.3. The van der Waals surface area contributed by atoms with E-state index in [0.29, 0.717) is 24.1 Å². The summed E-state index contributed by atoms with van der Waals surface area (Å²) in [6, 6.07) is 3.96. The molecule has 0 unspecified atom stereocenters. The topological polar surface area (TPSA) is 18.5 Å². The number of rotatable bonds is 8. The minimum absolute atomic E-state index is 0.0928. The second-order valence-corrected chi connectivity index (χ2v) is 8.00. The Hall–Kier alpha value is -3.74. The van der Waals surface area contributed by atoms with E-state index in [2.05, 4.69) is 16.6 Å². The van der Waals surface area contributed by atoms with Gasteiger partial charge >= 0.3 is 6.11 Å². The van der Waals surface area contributed by atoms with Crippen LogP contribution in [0.4, 0.5) is 35.1 Å². The predicted molar refractivity (Wildman–Crippen MR) is 119 cm³/mol. The van der Waals surface area contributed by atoms with Crippen molar-refractivity contribution in [1.29, 1.82) is 0 Å². The van der Waals surface area contributed by atoms with Crippen molar-refractivity contribution in [1.82, 2.24) is 0 Å². The molecule has 0 N–H and O–H groups in total. The zero-order chi connectivity index (χ0) is 27.3. The molecule has 3 rings (SSSR count). The van der Waals surface area contributed by atoms with Crippen molar-refractivity contribution in [3.63, 3.8) is 0 Å². The minimum Gasteiger partial charge on any atom is -0.495 e. The van der Waals surface area contributed by atoms with Gasteiger partial charge in [0.05, 0.1) is 7.11 Å². The Morgan fingerprint density at radius 2 is 1.38 bits per heavy atom. The van der Waals surface area contributed by atoms with E-state index in [4.69, 9.17) is 4.74 Å². The average molecular weight is 528 g/mol. The van der Waals surface area contributed by atoms with Crippen LogP contribution >= 0.6 is 0 Å². The van der Waals surface area contributed by atoms with Crippen LogP contribution in [0.1, 0.15) is 48.4 Å². The van der Waals surface area contributed by atoms with E-state index < -0.39 is 57.9 Å². The third-order valence-electron chi connectivity index (χ3n) is 5.27. The first kappa shape index (κ1) is 27.8. The highest BCUT2D eigenvalue weighted by Crippen LogP contribution is 2.36. The molecule has 0 saturated heterocycles. The summed E-state index contributed by atoms with van der Waals surface area (Å²) in [7, 11) is 1.30. The van der Waals surface area contributed by atoms with Crippen LogP contribution in [-0.2, 0) is 12.5 Å². The number of unbranched alkanes of at least 4 members (excludes halogenated alkanes) is 2. The Morgan fingerprint density at radius 3 is 1.95 bits per heavy atom. The molecule has 0 heterocycles. The van der Waals surface area contributed by atoms with Crippen LogP contribution in [0.2, 0.25) is 0 Å². The SMILES string of the molecule is CCCCCc1cc(F)c(C#Cc2cc(F)c(C(F)(F)Oc3cc(F)c(F)c(F)c3)c(F)c2)c(OC)c1. The average Bonchev–Trinajstić information content (AvgIpc) is 2.80. The lowest BCUT2D eigenvalue weighted by molar-refractivity contribution is -0.189. The Labute approximate surface area is 207 Å². The summed E-state index contributed by atoms with van der Waals surface area (Å²) < 4.78 is 121. The van der Waals surface area contributed by atoms with Crippen LogP contribution in [0.25, 0.3) is 0 Å². The van der Waals surface area contributed by atoms with Crippen molar-refractivity contribution in [3.8, 4) is 23.3 Å². The van der Waals surface area contributed by atoms with Gasteiger partial charge in [0, 0.05) is 17.7 Å². The smallest absolute Gasteiger partial charge is 0.432 e. The second kappa shape index (κ2) is 11.5. The highest BCUT2D eigenvalue weighted by Gasteiger charge is 2.41. The van der Waals surface area contributed by atoms with Gasteiger partial charge in [0.2, 0.25) is 0 Å². The minimum atomic E-state index is -4.74. The number of hydrogen-bond donors (Lipinski definition) is 0. The van der Waals surface area contributed by atoms with Crippen molar-refractivity contribution in [2.45, 2.75) is 38.7 Å². The van der Waals surface area contributed by atoms with Crippen LogP contribution in [0.5, 0.6) is 11.5 Å². The van der Waals surface area contributed by atoms with Gasteiger partial charge in [-0.15, -0.1) is 0 Å². The van der Waals surface area contributed by atoms with Crippen LogP contribution in [0.15, 0.2) is 36.4 Å². The molecule has 0 bridgehead atoms. The fourth-order valence-electron chi connectivity index (χ4n) is 3.49. The molecule has 196 valence electrons. The van der Waals surface area contributed by atoms with Crippen molar-refractivity contribution in [2.24, 2.45) is 0 Å². The number of ether oxygens (including phenoxy) is 2. The summed E-state index contributed by atoms with van der Waals surface area (Å²) in [5, 5.41) is 0. The van der Waals surface area contributed by atoms with Gasteiger partial charge in [-0.1, -0.05) is 31.6 Å². The van der Waals surface area contributed by atoms with E-state index in [-0.39, 0.29) is 23.4 Å². The zero-order valence-corrected chi connectivity index (χ0v) is 19.6. The molecule has 0 aliphatic heterocycles. The van der Waals surface area contributed by atoms with Gasteiger partial charge in [0.15, 0.2) is 17.5 Å². The van der Waals surface area contributed by atoms with Crippen LogP contribution < -0.4 is 9.47 Å². The summed E-state index contributed by atoms with van der Waals surface area (Å²) in [5.41, 5.74) is -1.80. The van der Waals surface area contributed by atoms with E-state index in [1.165, 1.54) is 13.2 Å². The van der Waals surface area contributed by atoms with Gasteiger partial charge < -0.3 is 9.47 Å². The third-order valence-corrected chi connectivity index (χ3v) is 5.27. The number of methoxy groups -OCH3 is 1. The molecule has 0 aromatic heterocycles. The van der Waals surface area contributed by atoms with Gasteiger partial charge in [0.1, 0.15) is 40.1 Å². The lowest BCUT2D eigenvalue weighted by Crippen LogP contribution is -2.25. The molecule has 0 fully saturated rings. The van der Waals surface area contributed by atoms with Crippen molar-refractivity contribution in [3.05, 3.63) is 93.6 Å². The Balaban J connectivity index is 1.91. The molecule has 37 heavy (non-hydrogen) atoms. The lowest BCUT2D eigenvalue weighted by Gasteiger charge is -2.19. The largest absolute Gasteiger partial charge is 0.495 e. The molecular weight excluding hydrogens is 508 g/mol. The number of alkyl halides is 2. The van der Waals surface area contributed by atoms with Gasteiger partial charge in [0.25, 0.3) is 0 Å². The molecule has 10 heteroatoms. The van der Waals surface area contributed by atoms with Crippen molar-refractivity contribution < 1.29 is 44.6 Å². The molecule has 0 aliphatic rings. The second-order valence-electron chi connectivity index (χ2n) is 8.00. The van der Waals surface area contributed by atoms with E-state index in [1.54, 1.807) is 6.07 Å². The monoisotopic (exact) mass is 528 g/mol. The number of aryl methyl sites for hydroxylation is 1. The summed E-state index contributed by atoms with van der Waals surface area (Å²) in [6.45, 7) is 2.03. The molecule has 0 spiro atoms. The van der Waals surface area contributed by atoms with E-state index >= 15 is 0 Å². The molecule has 0 radical (unpaired) electrons. The normalized spacial score (nSPS) is 11.2. The quantitative estimate of drug-likeness (QED) is 0.129. The number of benzene rings is 3. The molecule has 0 amide bonds. The first-order valence-corrected chi connectivity index (χ1v) is 11.1. The standard InChI is InChI=1S/C27H20F8O2/c1-3-4-5-6-15-9-19(28)18(24(12-15)36-2)8-7-16-10-20(29)25(21(30)11-16)27(34,35)37-17-13-22(31)26(33)23(32)14-17/h9-14H,3-6H2,1-2H3. The summed E-state index contributed by atoms with van der Waals surface area (Å²) in [4.78, 5) is 0. The van der Waals surface area contributed by atoms with E-state index in [1.807, 2.05) is 6.92 Å². The lowest BCUT2D eigenvalue weighted by atomic mass is 10.0. The first-order valence-electron chi connectivity index (χ1n) is 11.1. The van der Waals surface area contributed by atoms with Gasteiger partial charge in [-0.25, -0.2) is 26.3 Å². The molecule has 0 atom stereocenters. The van der Waals surface area contributed by atoms with Gasteiger partial charge in [-0.3, -0.25) is 0 Å². The van der Waals surface area contributed by atoms with E-state index in [9.17, 15) is 35.1 Å². The Kier molecular flexibility index (Phi) is 8.69. The summed E-state index contributed by atoms with van der Waals surface area (Å²) in [5.74, 6) is -6.35. The molecule has 2 nitrogen and oxygen atoms in total. The molecule has 0 saturated carbocycles. The maximum atomic E-state index is 14.7. The van der Waals surface area contributed by atoms with Gasteiger partial charge in [-0.2, -0.15) is 8.78 Å². The number of halogens is 8. The Bertz CT molecular complexity index is 1310. The Morgan fingerprint density at radius 1 is 0.757 bits per heavy atom. The highest BCUT2D eigenvalue weighted by molar-refractivity contribution is 5.52. The van der Waals surface area contributed by atoms with Crippen molar-refractivity contribution >= 4 is 0 Å². The molecule has 0 aliphatic carbocycles. The van der Waals surface area contributed by atoms with Crippen LogP contribution in [-0.4, -0.2) is 7.11 Å². The van der Waals surface area contributed by atoms with Crippen LogP contribution in [0.3, 0.4) is 0 Å². The fraction of sp³-hybridized carbons (Fsp3) is 0.259. The number of hydrogen-bond acceptors (Lipinski definition) is 2. The summed E-state index contributed by atoms with van der Waals surface area (Å²) in [6.07, 6.45) is -1.34. The fourth-order valence-corrected chi connectivity index (χ4v) is 3.49. The molecule has 3 aromatic carbocycles. The zero-order valence-electron chi connectivity index (χ0n) is 19.6. The summed E-state index contributed by atoms with van der Waals surface area (Å²) >= 11 is 0. The van der Waals surface area contributed by atoms with Crippen molar-refractivity contribution in [2.75, 3.05) is 7.11 Å². The van der Waals surface area contributed by atoms with E-state index in [0.717, 1.165) is 19.3 Å². The maximum Gasteiger partial charge on any atom is 0.432 e.